The van der Waals surface area contributed by atoms with Crippen molar-refractivity contribution in [1.82, 2.24) is 0 Å². The van der Waals surface area contributed by atoms with Crippen LogP contribution in [0.15, 0.2) is 18.2 Å². The van der Waals surface area contributed by atoms with Crippen molar-refractivity contribution in [3.05, 3.63) is 34.1 Å². The summed E-state index contributed by atoms with van der Waals surface area (Å²) in [7, 11) is 0. The third kappa shape index (κ3) is 2.30. The SMILES string of the molecule is CC(C)[C@H]1CCCN1c1ccc(F)cc1[N+](=O)[O-]. The van der Waals surface area contributed by atoms with Crippen LogP contribution in [0.2, 0.25) is 0 Å². The zero-order valence-electron chi connectivity index (χ0n) is 10.6. The van der Waals surface area contributed by atoms with Crippen molar-refractivity contribution in [1.29, 1.82) is 0 Å². The molecule has 0 amide bonds. The van der Waals surface area contributed by atoms with Gasteiger partial charge in [-0.25, -0.2) is 4.39 Å². The maximum Gasteiger partial charge on any atom is 0.295 e. The number of rotatable bonds is 3. The Morgan fingerprint density at radius 3 is 2.83 bits per heavy atom. The molecule has 1 aliphatic rings. The molecule has 98 valence electrons. The fraction of sp³-hybridized carbons (Fsp3) is 0.538. The fourth-order valence-corrected chi connectivity index (χ4v) is 2.67. The number of nitro groups is 1. The highest BCUT2D eigenvalue weighted by Crippen LogP contribution is 2.36. The topological polar surface area (TPSA) is 46.4 Å². The minimum absolute atomic E-state index is 0.137. The maximum absolute atomic E-state index is 13.1. The van der Waals surface area contributed by atoms with Crippen LogP contribution in [0, 0.1) is 21.8 Å². The van der Waals surface area contributed by atoms with E-state index in [1.807, 2.05) is 4.90 Å². The minimum atomic E-state index is -0.564. The zero-order valence-corrected chi connectivity index (χ0v) is 10.6. The van der Waals surface area contributed by atoms with Crippen LogP contribution in [0.25, 0.3) is 0 Å². The standard InChI is InChI=1S/C13H17FN2O2/c1-9(2)11-4-3-7-15(11)12-6-5-10(14)8-13(12)16(17)18/h5-6,8-9,11H,3-4,7H2,1-2H3/t11-/m1/s1. The number of benzene rings is 1. The van der Waals surface area contributed by atoms with Gasteiger partial charge in [0, 0.05) is 12.6 Å². The zero-order chi connectivity index (χ0) is 13.3. The third-order valence-corrected chi connectivity index (χ3v) is 3.51. The summed E-state index contributed by atoms with van der Waals surface area (Å²) in [5.74, 6) is -0.136. The average molecular weight is 252 g/mol. The first-order valence-corrected chi connectivity index (χ1v) is 6.21. The number of hydrogen-bond acceptors (Lipinski definition) is 3. The fourth-order valence-electron chi connectivity index (χ4n) is 2.67. The summed E-state index contributed by atoms with van der Waals surface area (Å²) in [5, 5.41) is 11.0. The molecule has 0 spiro atoms. The van der Waals surface area contributed by atoms with E-state index in [1.165, 1.54) is 12.1 Å². The number of halogens is 1. The summed E-state index contributed by atoms with van der Waals surface area (Å²) < 4.78 is 13.1. The molecule has 0 saturated carbocycles. The highest BCUT2D eigenvalue weighted by atomic mass is 19.1. The first kappa shape index (κ1) is 12.8. The second-order valence-electron chi connectivity index (χ2n) is 5.04. The van der Waals surface area contributed by atoms with Crippen molar-refractivity contribution in [3.8, 4) is 0 Å². The smallest absolute Gasteiger partial charge is 0.295 e. The maximum atomic E-state index is 13.1. The van der Waals surface area contributed by atoms with Gasteiger partial charge in [0.2, 0.25) is 0 Å². The van der Waals surface area contributed by atoms with Gasteiger partial charge in [-0.3, -0.25) is 10.1 Å². The lowest BCUT2D eigenvalue weighted by molar-refractivity contribution is -0.384. The quantitative estimate of drug-likeness (QED) is 0.612. The molecule has 4 nitrogen and oxygen atoms in total. The highest BCUT2D eigenvalue weighted by molar-refractivity contribution is 5.64. The van der Waals surface area contributed by atoms with Gasteiger partial charge in [0.1, 0.15) is 11.5 Å². The predicted molar refractivity (Wildman–Crippen MR) is 68.3 cm³/mol. The van der Waals surface area contributed by atoms with Crippen molar-refractivity contribution in [2.24, 2.45) is 5.92 Å². The Morgan fingerprint density at radius 1 is 1.50 bits per heavy atom. The van der Waals surface area contributed by atoms with Crippen molar-refractivity contribution >= 4 is 11.4 Å². The van der Waals surface area contributed by atoms with Crippen molar-refractivity contribution < 1.29 is 9.31 Å². The monoisotopic (exact) mass is 252 g/mol. The van der Waals surface area contributed by atoms with E-state index in [9.17, 15) is 14.5 Å². The summed E-state index contributed by atoms with van der Waals surface area (Å²) in [5.41, 5.74) is 0.403. The van der Waals surface area contributed by atoms with Crippen LogP contribution in [-0.2, 0) is 0 Å². The lowest BCUT2D eigenvalue weighted by Crippen LogP contribution is -2.33. The highest BCUT2D eigenvalue weighted by Gasteiger charge is 2.31. The summed E-state index contributed by atoms with van der Waals surface area (Å²) in [4.78, 5) is 12.6. The van der Waals surface area contributed by atoms with E-state index >= 15 is 0 Å². The molecule has 5 heteroatoms. The van der Waals surface area contributed by atoms with E-state index in [1.54, 1.807) is 0 Å². The lowest BCUT2D eigenvalue weighted by atomic mass is 10.0. The van der Waals surface area contributed by atoms with Gasteiger partial charge in [0.25, 0.3) is 5.69 Å². The Bertz CT molecular complexity index is 462. The Balaban J connectivity index is 2.41. The van der Waals surface area contributed by atoms with Gasteiger partial charge in [0.15, 0.2) is 0 Å². The van der Waals surface area contributed by atoms with Crippen molar-refractivity contribution in [2.45, 2.75) is 32.7 Å². The van der Waals surface area contributed by atoms with Gasteiger partial charge in [-0.15, -0.1) is 0 Å². The molecule has 1 aromatic rings. The van der Waals surface area contributed by atoms with Crippen LogP contribution in [0.3, 0.4) is 0 Å². The Morgan fingerprint density at radius 2 is 2.22 bits per heavy atom. The molecule has 0 unspecified atom stereocenters. The number of nitrogens with zero attached hydrogens (tertiary/aromatic N) is 2. The molecule has 0 radical (unpaired) electrons. The second-order valence-corrected chi connectivity index (χ2v) is 5.04. The van der Waals surface area contributed by atoms with Crippen LogP contribution in [0.1, 0.15) is 26.7 Å². The number of hydrogen-bond donors (Lipinski definition) is 0. The molecule has 1 fully saturated rings. The van der Waals surface area contributed by atoms with Gasteiger partial charge >= 0.3 is 0 Å². The van der Waals surface area contributed by atoms with Crippen molar-refractivity contribution in [2.75, 3.05) is 11.4 Å². The normalized spacial score (nSPS) is 19.6. The summed E-state index contributed by atoms with van der Waals surface area (Å²) >= 11 is 0. The molecule has 1 saturated heterocycles. The second kappa shape index (κ2) is 4.92. The van der Waals surface area contributed by atoms with E-state index in [4.69, 9.17) is 0 Å². The first-order chi connectivity index (χ1) is 8.50. The molecule has 2 rings (SSSR count). The summed E-state index contributed by atoms with van der Waals surface area (Å²) in [6.45, 7) is 5.02. The largest absolute Gasteiger partial charge is 0.363 e. The Hall–Kier alpha value is -1.65. The van der Waals surface area contributed by atoms with E-state index in [0.717, 1.165) is 25.5 Å². The lowest BCUT2D eigenvalue weighted by Gasteiger charge is -2.29. The van der Waals surface area contributed by atoms with Gasteiger partial charge in [0.05, 0.1) is 11.0 Å². The van der Waals surface area contributed by atoms with E-state index in [2.05, 4.69) is 13.8 Å². The predicted octanol–water partition coefficient (Wildman–Crippen LogP) is 3.36. The van der Waals surface area contributed by atoms with Crippen molar-refractivity contribution in [3.63, 3.8) is 0 Å². The van der Waals surface area contributed by atoms with Gasteiger partial charge in [-0.2, -0.15) is 0 Å². The molecule has 1 aliphatic heterocycles. The molecule has 0 N–H and O–H groups in total. The molecule has 1 heterocycles. The average Bonchev–Trinajstić information content (AvgIpc) is 2.77. The molecule has 0 aliphatic carbocycles. The van der Waals surface area contributed by atoms with E-state index < -0.39 is 10.7 Å². The molecule has 0 aromatic heterocycles. The van der Waals surface area contributed by atoms with Crippen LogP contribution in [-0.4, -0.2) is 17.5 Å². The van der Waals surface area contributed by atoms with Crippen LogP contribution >= 0.6 is 0 Å². The Labute approximate surface area is 106 Å². The molecule has 1 aromatic carbocycles. The molecule has 1 atom stereocenters. The summed E-state index contributed by atoms with van der Waals surface area (Å²) in [6, 6.07) is 4.12. The first-order valence-electron chi connectivity index (χ1n) is 6.21. The van der Waals surface area contributed by atoms with Crippen LogP contribution in [0.4, 0.5) is 15.8 Å². The molecule has 0 bridgehead atoms. The van der Waals surface area contributed by atoms with E-state index in [-0.39, 0.29) is 5.69 Å². The third-order valence-electron chi connectivity index (χ3n) is 3.51. The molecular weight excluding hydrogens is 235 g/mol. The number of anilines is 1. The molecule has 18 heavy (non-hydrogen) atoms. The number of nitro benzene ring substituents is 1. The van der Waals surface area contributed by atoms with Gasteiger partial charge in [-0.1, -0.05) is 13.8 Å². The van der Waals surface area contributed by atoms with Gasteiger partial charge in [-0.05, 0) is 30.9 Å². The van der Waals surface area contributed by atoms with E-state index in [0.29, 0.717) is 17.6 Å². The Kier molecular flexibility index (Phi) is 3.50. The van der Waals surface area contributed by atoms with Crippen LogP contribution in [0.5, 0.6) is 0 Å². The minimum Gasteiger partial charge on any atom is -0.363 e. The molecular formula is C13H17FN2O2. The van der Waals surface area contributed by atoms with Crippen LogP contribution < -0.4 is 4.90 Å². The summed E-state index contributed by atoms with van der Waals surface area (Å²) in [6.07, 6.45) is 2.06. The van der Waals surface area contributed by atoms with Gasteiger partial charge < -0.3 is 4.90 Å².